The molecule has 0 radical (unpaired) electrons. The maximum atomic E-state index is 12.5. The third kappa shape index (κ3) is 3.33. The second kappa shape index (κ2) is 7.32. The van der Waals surface area contributed by atoms with E-state index >= 15 is 0 Å². The quantitative estimate of drug-likeness (QED) is 0.659. The van der Waals surface area contributed by atoms with Crippen molar-refractivity contribution in [3.8, 4) is 0 Å². The molecule has 0 saturated carbocycles. The molecule has 0 aromatic carbocycles. The predicted octanol–water partition coefficient (Wildman–Crippen LogP) is 0.559. The summed E-state index contributed by atoms with van der Waals surface area (Å²) in [6, 6.07) is -1.09. The molecule has 1 aliphatic rings. The average Bonchev–Trinajstić information content (AvgIpc) is 3.11. The number of rotatable bonds is 6. The van der Waals surface area contributed by atoms with E-state index in [4.69, 9.17) is 4.74 Å². The molecule has 1 aliphatic heterocycles. The second-order valence-electron chi connectivity index (χ2n) is 5.76. The number of hydrogen-bond donors (Lipinski definition) is 2. The van der Waals surface area contributed by atoms with Crippen molar-refractivity contribution in [1.29, 1.82) is 0 Å². The zero-order chi connectivity index (χ0) is 19.7. The van der Waals surface area contributed by atoms with Crippen LogP contribution in [0.15, 0.2) is 4.34 Å². The minimum absolute atomic E-state index is 0.0263. The Morgan fingerprint density at radius 1 is 1.42 bits per heavy atom. The molecule has 0 bridgehead atoms. The molecule has 2 unspecified atom stereocenters. The van der Waals surface area contributed by atoms with Crippen LogP contribution in [-0.2, 0) is 14.8 Å². The monoisotopic (exact) mass is 406 g/mol. The van der Waals surface area contributed by atoms with Crippen molar-refractivity contribution in [1.82, 2.24) is 25.1 Å². The van der Waals surface area contributed by atoms with E-state index in [1.165, 1.54) is 14.1 Å². The van der Waals surface area contributed by atoms with Crippen LogP contribution in [0, 0.1) is 0 Å². The zero-order valence-corrected chi connectivity index (χ0v) is 16.8. The fraction of sp³-hybridized carbons (Fsp3) is 0.692. The molecule has 2 heterocycles. The van der Waals surface area contributed by atoms with Gasteiger partial charge in [0, 0.05) is 27.1 Å². The van der Waals surface area contributed by atoms with Gasteiger partial charge < -0.3 is 15.4 Å². The number of nitrogens with one attached hydrogen (secondary N) is 2. The van der Waals surface area contributed by atoms with E-state index in [0.717, 1.165) is 20.5 Å². The summed E-state index contributed by atoms with van der Waals surface area (Å²) in [5.41, 5.74) is -1.35. The molecule has 0 spiro atoms. The SMILES string of the molecule is CCNC(=O)OC1(CC)C(C)NC(=O)N1c1nnc(S(=O)(=O)N(C)C)s1. The number of carbonyl (C=O) groups excluding carboxylic acids is 2. The summed E-state index contributed by atoms with van der Waals surface area (Å²) in [5, 5.41) is 12.8. The molecule has 1 fully saturated rings. The van der Waals surface area contributed by atoms with E-state index < -0.39 is 33.9 Å². The second-order valence-corrected chi connectivity index (χ2v) is 9.04. The molecule has 2 N–H and O–H groups in total. The fourth-order valence-electron chi connectivity index (χ4n) is 2.54. The van der Waals surface area contributed by atoms with Crippen LogP contribution in [0.1, 0.15) is 27.2 Å². The van der Waals surface area contributed by atoms with Gasteiger partial charge in [-0.25, -0.2) is 27.2 Å². The summed E-state index contributed by atoms with van der Waals surface area (Å²) in [5.74, 6) is 0. The Labute approximate surface area is 155 Å². The van der Waals surface area contributed by atoms with Crippen molar-refractivity contribution < 1.29 is 22.7 Å². The number of urea groups is 1. The highest BCUT2D eigenvalue weighted by Crippen LogP contribution is 2.38. The molecule has 0 aliphatic carbocycles. The molecular weight excluding hydrogens is 384 g/mol. The van der Waals surface area contributed by atoms with Crippen molar-refractivity contribution in [3.05, 3.63) is 0 Å². The molecule has 11 nitrogen and oxygen atoms in total. The van der Waals surface area contributed by atoms with Gasteiger partial charge in [0.05, 0.1) is 6.04 Å². The highest BCUT2D eigenvalue weighted by Gasteiger charge is 2.55. The number of nitrogens with zero attached hydrogens (tertiary/aromatic N) is 4. The molecule has 3 amide bonds. The first-order valence-corrected chi connectivity index (χ1v) is 10.2. The molecule has 2 atom stereocenters. The summed E-state index contributed by atoms with van der Waals surface area (Å²) < 4.78 is 30.7. The van der Waals surface area contributed by atoms with Crippen LogP contribution in [0.3, 0.4) is 0 Å². The predicted molar refractivity (Wildman–Crippen MR) is 94.4 cm³/mol. The largest absolute Gasteiger partial charge is 0.420 e. The lowest BCUT2D eigenvalue weighted by Gasteiger charge is -2.36. The van der Waals surface area contributed by atoms with Crippen LogP contribution in [0.2, 0.25) is 0 Å². The molecule has 1 aromatic rings. The normalized spacial score (nSPS) is 23.2. The molecule has 2 rings (SSSR count). The Hall–Kier alpha value is -1.99. The lowest BCUT2D eigenvalue weighted by atomic mass is 10.0. The van der Waals surface area contributed by atoms with E-state index in [-0.39, 0.29) is 15.9 Å². The van der Waals surface area contributed by atoms with Crippen molar-refractivity contribution in [2.24, 2.45) is 0 Å². The van der Waals surface area contributed by atoms with Crippen molar-refractivity contribution in [2.45, 2.75) is 43.3 Å². The first-order chi connectivity index (χ1) is 12.1. The Bertz CT molecular complexity index is 795. The molecule has 1 aromatic heterocycles. The highest BCUT2D eigenvalue weighted by atomic mass is 32.2. The van der Waals surface area contributed by atoms with Gasteiger partial charge in [-0.3, -0.25) is 0 Å². The third-order valence-corrected chi connectivity index (χ3v) is 7.05. The number of aromatic nitrogens is 2. The molecule has 146 valence electrons. The number of amides is 3. The number of anilines is 1. The standard InChI is InChI=1S/C13H22N6O5S2/c1-6-13(24-11(21)14-7-2)8(3)15-9(20)19(13)10-16-17-12(25-10)26(22,23)18(4)5/h8H,6-7H2,1-5H3,(H,14,21)(H,15,20). The first-order valence-electron chi connectivity index (χ1n) is 7.93. The van der Waals surface area contributed by atoms with Gasteiger partial charge in [-0.05, 0) is 13.8 Å². The van der Waals surface area contributed by atoms with E-state index in [1.54, 1.807) is 20.8 Å². The van der Waals surface area contributed by atoms with Crippen molar-refractivity contribution >= 4 is 38.6 Å². The minimum atomic E-state index is -3.79. The van der Waals surface area contributed by atoms with Gasteiger partial charge >= 0.3 is 12.1 Å². The number of carbonyl (C=O) groups is 2. The van der Waals surface area contributed by atoms with E-state index in [9.17, 15) is 18.0 Å². The average molecular weight is 406 g/mol. The topological polar surface area (TPSA) is 134 Å². The fourth-order valence-corrected chi connectivity index (χ4v) is 4.74. The number of alkyl carbamates (subject to hydrolysis) is 1. The summed E-state index contributed by atoms with van der Waals surface area (Å²) in [6.45, 7) is 5.54. The lowest BCUT2D eigenvalue weighted by Crippen LogP contribution is -2.55. The van der Waals surface area contributed by atoms with Crippen LogP contribution in [0.5, 0.6) is 0 Å². The Morgan fingerprint density at radius 3 is 2.62 bits per heavy atom. The van der Waals surface area contributed by atoms with Crippen LogP contribution in [0.4, 0.5) is 14.7 Å². The van der Waals surface area contributed by atoms with Crippen LogP contribution in [0.25, 0.3) is 0 Å². The maximum absolute atomic E-state index is 12.5. The summed E-state index contributed by atoms with van der Waals surface area (Å²) in [7, 11) is -1.05. The number of ether oxygens (including phenoxy) is 1. The lowest BCUT2D eigenvalue weighted by molar-refractivity contribution is 0.00538. The molecule has 26 heavy (non-hydrogen) atoms. The number of hydrogen-bond acceptors (Lipinski definition) is 8. The van der Waals surface area contributed by atoms with Gasteiger partial charge in [-0.2, -0.15) is 0 Å². The van der Waals surface area contributed by atoms with E-state index in [1.807, 2.05) is 0 Å². The van der Waals surface area contributed by atoms with Gasteiger partial charge in [-0.1, -0.05) is 18.3 Å². The van der Waals surface area contributed by atoms with Crippen LogP contribution >= 0.6 is 11.3 Å². The minimum Gasteiger partial charge on any atom is -0.420 e. The summed E-state index contributed by atoms with van der Waals surface area (Å²) in [6.07, 6.45) is -0.423. The highest BCUT2D eigenvalue weighted by molar-refractivity contribution is 7.91. The Balaban J connectivity index is 2.46. The zero-order valence-electron chi connectivity index (χ0n) is 15.1. The van der Waals surface area contributed by atoms with Gasteiger partial charge in [0.2, 0.25) is 15.2 Å². The van der Waals surface area contributed by atoms with Gasteiger partial charge in [0.25, 0.3) is 10.0 Å². The van der Waals surface area contributed by atoms with Crippen molar-refractivity contribution in [3.63, 3.8) is 0 Å². The van der Waals surface area contributed by atoms with Gasteiger partial charge in [-0.15, -0.1) is 10.2 Å². The Kier molecular flexibility index (Phi) is 5.73. The van der Waals surface area contributed by atoms with Crippen molar-refractivity contribution in [2.75, 3.05) is 25.5 Å². The Morgan fingerprint density at radius 2 is 2.08 bits per heavy atom. The third-order valence-electron chi connectivity index (χ3n) is 3.98. The van der Waals surface area contributed by atoms with E-state index in [2.05, 4.69) is 20.8 Å². The van der Waals surface area contributed by atoms with Crippen LogP contribution in [-0.4, -0.2) is 67.5 Å². The summed E-state index contributed by atoms with van der Waals surface area (Å²) >= 11 is 0.731. The molecule has 1 saturated heterocycles. The van der Waals surface area contributed by atoms with Gasteiger partial charge in [0.15, 0.2) is 0 Å². The smallest absolute Gasteiger partial charge is 0.409 e. The first kappa shape index (κ1) is 20.3. The van der Waals surface area contributed by atoms with E-state index in [0.29, 0.717) is 6.54 Å². The molecule has 13 heteroatoms. The maximum Gasteiger partial charge on any atom is 0.409 e. The summed E-state index contributed by atoms with van der Waals surface area (Å²) in [4.78, 5) is 25.6. The van der Waals surface area contributed by atoms with Crippen LogP contribution < -0.4 is 15.5 Å². The molecular formula is C13H22N6O5S2. The van der Waals surface area contributed by atoms with Gasteiger partial charge in [0.1, 0.15) is 0 Å². The number of sulfonamides is 1.